The van der Waals surface area contributed by atoms with Crippen LogP contribution in [0.2, 0.25) is 0 Å². The van der Waals surface area contributed by atoms with Gasteiger partial charge in [-0.3, -0.25) is 4.79 Å². The predicted molar refractivity (Wildman–Crippen MR) is 81.3 cm³/mol. The van der Waals surface area contributed by atoms with Gasteiger partial charge >= 0.3 is 5.97 Å². The Morgan fingerprint density at radius 1 is 1.55 bits per heavy atom. The average Bonchev–Trinajstić information content (AvgIpc) is 2.36. The van der Waals surface area contributed by atoms with Gasteiger partial charge in [0.25, 0.3) is 0 Å². The summed E-state index contributed by atoms with van der Waals surface area (Å²) in [6.07, 6.45) is 10.3. The molecule has 3 nitrogen and oxygen atoms in total. The molecular weight excluding hydrogens is 252 g/mol. The van der Waals surface area contributed by atoms with Crippen molar-refractivity contribution in [2.75, 3.05) is 6.61 Å². The van der Waals surface area contributed by atoms with Crippen LogP contribution in [0.4, 0.5) is 0 Å². The molecule has 1 rings (SSSR count). The first-order valence-electron chi connectivity index (χ1n) is 7.51. The molecule has 0 unspecified atom stereocenters. The lowest BCUT2D eigenvalue weighted by atomic mass is 9.79. The molecule has 1 N–H and O–H groups in total. The molecule has 20 heavy (non-hydrogen) atoms. The molecule has 0 spiro atoms. The van der Waals surface area contributed by atoms with Crippen LogP contribution >= 0.6 is 0 Å². The Morgan fingerprint density at radius 2 is 2.25 bits per heavy atom. The van der Waals surface area contributed by atoms with Crippen LogP contribution in [0.1, 0.15) is 53.4 Å². The lowest BCUT2D eigenvalue weighted by Gasteiger charge is -2.30. The molecule has 0 saturated heterocycles. The number of hydrogen-bond acceptors (Lipinski definition) is 3. The molecule has 3 atom stereocenters. The van der Waals surface area contributed by atoms with E-state index in [9.17, 15) is 9.90 Å². The molecule has 0 bridgehead atoms. The Hall–Kier alpha value is -1.09. The highest BCUT2D eigenvalue weighted by Gasteiger charge is 2.25. The second kappa shape index (κ2) is 7.63. The lowest BCUT2D eigenvalue weighted by molar-refractivity contribution is -0.139. The summed E-state index contributed by atoms with van der Waals surface area (Å²) >= 11 is 0. The number of ether oxygens (including phenoxy) is 1. The van der Waals surface area contributed by atoms with Gasteiger partial charge in [0, 0.05) is 6.92 Å². The van der Waals surface area contributed by atoms with E-state index in [1.54, 1.807) is 0 Å². The highest BCUT2D eigenvalue weighted by Crippen LogP contribution is 2.31. The van der Waals surface area contributed by atoms with E-state index in [0.29, 0.717) is 18.4 Å². The fourth-order valence-electron chi connectivity index (χ4n) is 2.52. The number of allylic oxidation sites excluding steroid dienone is 2. The van der Waals surface area contributed by atoms with Crippen molar-refractivity contribution in [3.63, 3.8) is 0 Å². The minimum atomic E-state index is -0.614. The van der Waals surface area contributed by atoms with Crippen LogP contribution in [0, 0.1) is 11.8 Å². The van der Waals surface area contributed by atoms with Crippen LogP contribution in [0.25, 0.3) is 0 Å². The molecule has 0 aromatic carbocycles. The third-order valence-corrected chi connectivity index (χ3v) is 4.04. The van der Waals surface area contributed by atoms with E-state index in [2.05, 4.69) is 19.1 Å². The Morgan fingerprint density at radius 3 is 2.80 bits per heavy atom. The first-order chi connectivity index (χ1) is 9.30. The molecule has 0 radical (unpaired) electrons. The second-order valence-electron chi connectivity index (χ2n) is 6.30. The summed E-state index contributed by atoms with van der Waals surface area (Å²) < 4.78 is 4.95. The topological polar surface area (TPSA) is 46.5 Å². The van der Waals surface area contributed by atoms with Gasteiger partial charge in [0.2, 0.25) is 0 Å². The van der Waals surface area contributed by atoms with Crippen molar-refractivity contribution in [3.05, 3.63) is 23.8 Å². The Bertz CT molecular complexity index is 380. The number of carbonyl (C=O) groups is 1. The van der Waals surface area contributed by atoms with E-state index >= 15 is 0 Å². The van der Waals surface area contributed by atoms with Gasteiger partial charge in [-0.25, -0.2) is 0 Å². The molecule has 0 aromatic rings. The molecule has 1 aliphatic carbocycles. The first-order valence-corrected chi connectivity index (χ1v) is 7.51. The predicted octanol–water partition coefficient (Wildman–Crippen LogP) is 3.63. The molecule has 0 heterocycles. The number of hydrogen-bond donors (Lipinski definition) is 1. The van der Waals surface area contributed by atoms with Crippen molar-refractivity contribution in [1.29, 1.82) is 0 Å². The zero-order valence-corrected chi connectivity index (χ0v) is 13.2. The van der Waals surface area contributed by atoms with Crippen LogP contribution in [0.3, 0.4) is 0 Å². The quantitative estimate of drug-likeness (QED) is 0.597. The number of rotatable bonds is 6. The van der Waals surface area contributed by atoms with E-state index in [4.69, 9.17) is 4.74 Å². The van der Waals surface area contributed by atoms with Gasteiger partial charge in [-0.2, -0.15) is 0 Å². The summed E-state index contributed by atoms with van der Waals surface area (Å²) in [7, 11) is 0. The summed E-state index contributed by atoms with van der Waals surface area (Å²) in [5.74, 6) is 0.947. The van der Waals surface area contributed by atoms with Crippen molar-refractivity contribution in [2.24, 2.45) is 11.8 Å². The van der Waals surface area contributed by atoms with Crippen molar-refractivity contribution in [1.82, 2.24) is 0 Å². The van der Waals surface area contributed by atoms with Gasteiger partial charge in [0.1, 0.15) is 6.61 Å². The highest BCUT2D eigenvalue weighted by molar-refractivity contribution is 5.66. The standard InChI is InChI=1S/C17H28O3/c1-13(12-20-15(3)18)6-5-7-14(2)16-8-10-17(4,19)11-9-16/h6,8,10,14,16,19H,5,7,9,11-12H2,1-4H3/b13-6+/t14-,16+,17+/m1/s1. The Kier molecular flexibility index (Phi) is 6.47. The first kappa shape index (κ1) is 17.0. The van der Waals surface area contributed by atoms with Gasteiger partial charge in [-0.1, -0.05) is 25.2 Å². The van der Waals surface area contributed by atoms with Gasteiger partial charge in [-0.05, 0) is 56.9 Å². The lowest BCUT2D eigenvalue weighted by Crippen LogP contribution is -2.27. The molecular formula is C17H28O3. The molecule has 1 aliphatic rings. The molecule has 3 heteroatoms. The highest BCUT2D eigenvalue weighted by atomic mass is 16.5. The van der Waals surface area contributed by atoms with Crippen LogP contribution < -0.4 is 0 Å². The molecule has 0 aliphatic heterocycles. The normalized spacial score (nSPS) is 28.2. The van der Waals surface area contributed by atoms with E-state index in [1.165, 1.54) is 6.92 Å². The summed E-state index contributed by atoms with van der Waals surface area (Å²) in [5.41, 5.74) is 0.492. The van der Waals surface area contributed by atoms with Crippen LogP contribution in [-0.2, 0) is 9.53 Å². The summed E-state index contributed by atoms with van der Waals surface area (Å²) in [5, 5.41) is 9.89. The Balaban J connectivity index is 2.31. The fourth-order valence-corrected chi connectivity index (χ4v) is 2.52. The van der Waals surface area contributed by atoms with Crippen LogP contribution in [-0.4, -0.2) is 23.3 Å². The fraction of sp³-hybridized carbons (Fsp3) is 0.706. The van der Waals surface area contributed by atoms with E-state index < -0.39 is 5.60 Å². The van der Waals surface area contributed by atoms with Gasteiger partial charge in [-0.15, -0.1) is 0 Å². The monoisotopic (exact) mass is 280 g/mol. The van der Waals surface area contributed by atoms with E-state index in [0.717, 1.165) is 31.3 Å². The average molecular weight is 280 g/mol. The summed E-state index contributed by atoms with van der Waals surface area (Å²) in [4.78, 5) is 10.7. The zero-order chi connectivity index (χ0) is 15.2. The number of aliphatic hydroxyl groups is 1. The molecule has 0 saturated carbocycles. The third kappa shape index (κ3) is 6.38. The van der Waals surface area contributed by atoms with Crippen LogP contribution in [0.15, 0.2) is 23.8 Å². The minimum absolute atomic E-state index is 0.231. The van der Waals surface area contributed by atoms with Crippen LogP contribution in [0.5, 0.6) is 0 Å². The Labute approximate surface area is 122 Å². The third-order valence-electron chi connectivity index (χ3n) is 4.04. The van der Waals surface area contributed by atoms with E-state index in [1.807, 2.05) is 19.9 Å². The smallest absolute Gasteiger partial charge is 0.302 e. The van der Waals surface area contributed by atoms with Crippen molar-refractivity contribution >= 4 is 5.97 Å². The zero-order valence-electron chi connectivity index (χ0n) is 13.2. The molecule has 0 amide bonds. The molecule has 114 valence electrons. The maximum absolute atomic E-state index is 10.7. The molecule has 0 aromatic heterocycles. The van der Waals surface area contributed by atoms with Gasteiger partial charge in [0.15, 0.2) is 0 Å². The summed E-state index contributed by atoms with van der Waals surface area (Å²) in [6.45, 7) is 7.96. The number of esters is 1. The van der Waals surface area contributed by atoms with Gasteiger partial charge < -0.3 is 9.84 Å². The maximum Gasteiger partial charge on any atom is 0.302 e. The van der Waals surface area contributed by atoms with E-state index in [-0.39, 0.29) is 5.97 Å². The SMILES string of the molecule is CC(=O)OC/C(C)=C/CC[C@@H](C)[C@H]1C=C[C@](C)(O)CC1. The van der Waals surface area contributed by atoms with Crippen molar-refractivity contribution < 1.29 is 14.6 Å². The minimum Gasteiger partial charge on any atom is -0.461 e. The largest absolute Gasteiger partial charge is 0.461 e. The molecule has 0 fully saturated rings. The number of carbonyl (C=O) groups excluding carboxylic acids is 1. The summed E-state index contributed by atoms with van der Waals surface area (Å²) in [6, 6.07) is 0. The maximum atomic E-state index is 10.7. The second-order valence-corrected chi connectivity index (χ2v) is 6.30. The van der Waals surface area contributed by atoms with Crippen molar-refractivity contribution in [2.45, 2.75) is 59.0 Å². The van der Waals surface area contributed by atoms with Gasteiger partial charge in [0.05, 0.1) is 5.60 Å². The van der Waals surface area contributed by atoms with Crippen molar-refractivity contribution in [3.8, 4) is 0 Å².